The number of aryl methyl sites for hydroxylation is 1. The Morgan fingerprint density at radius 2 is 2.00 bits per heavy atom. The molecule has 7 heteroatoms. The number of hydrogen-bond acceptors (Lipinski definition) is 6. The summed E-state index contributed by atoms with van der Waals surface area (Å²) in [6.45, 7) is 7.51. The molecule has 2 heterocycles. The molecule has 0 saturated carbocycles. The monoisotopic (exact) mass is 358 g/mol. The predicted octanol–water partition coefficient (Wildman–Crippen LogP) is 3.22. The zero-order chi connectivity index (χ0) is 18.8. The second-order valence-corrected chi connectivity index (χ2v) is 6.14. The molecule has 3 rings (SSSR count). The molecule has 1 unspecified atom stereocenters. The first kappa shape index (κ1) is 17.8. The Morgan fingerprint density at radius 1 is 1.27 bits per heavy atom. The normalized spacial score (nSPS) is 13.4. The summed E-state index contributed by atoms with van der Waals surface area (Å²) in [6.07, 6.45) is 0. The number of nitrogens with one attached hydrogen (secondary N) is 2. The van der Waals surface area contributed by atoms with Crippen LogP contribution >= 0.6 is 0 Å². The van der Waals surface area contributed by atoms with E-state index in [1.807, 2.05) is 6.07 Å². The second kappa shape index (κ2) is 7.11. The van der Waals surface area contributed by atoms with Crippen LogP contribution in [0.2, 0.25) is 0 Å². The number of rotatable bonds is 6. The Hall–Kier alpha value is -2.96. The fourth-order valence-electron chi connectivity index (χ4n) is 3.02. The van der Waals surface area contributed by atoms with Crippen molar-refractivity contribution in [2.75, 3.05) is 18.7 Å². The van der Waals surface area contributed by atoms with Gasteiger partial charge in [0.05, 0.1) is 23.9 Å². The van der Waals surface area contributed by atoms with Gasteiger partial charge in [-0.15, -0.1) is 0 Å². The van der Waals surface area contributed by atoms with E-state index in [9.17, 15) is 9.59 Å². The molecule has 2 aromatic rings. The van der Waals surface area contributed by atoms with Crippen molar-refractivity contribution < 1.29 is 23.8 Å². The molecule has 0 fully saturated rings. The first-order valence-electron chi connectivity index (χ1n) is 8.49. The van der Waals surface area contributed by atoms with E-state index in [4.69, 9.17) is 14.2 Å². The van der Waals surface area contributed by atoms with E-state index in [2.05, 4.69) is 10.3 Å². The number of ether oxygens (including phenoxy) is 3. The van der Waals surface area contributed by atoms with Gasteiger partial charge in [0.2, 0.25) is 12.6 Å². The van der Waals surface area contributed by atoms with Gasteiger partial charge in [-0.1, -0.05) is 0 Å². The average molecular weight is 358 g/mol. The molecule has 1 atom stereocenters. The lowest BCUT2D eigenvalue weighted by Gasteiger charge is -2.14. The SMILES string of the molecule is CCOC(=O)c1c(C)[nH]c(C(=O)C(C)Nc2ccc3c(c2)OCO3)c1C. The molecular weight excluding hydrogens is 336 g/mol. The molecule has 1 aliphatic rings. The highest BCUT2D eigenvalue weighted by Crippen LogP contribution is 2.34. The van der Waals surface area contributed by atoms with Crippen LogP contribution in [0.15, 0.2) is 18.2 Å². The largest absolute Gasteiger partial charge is 0.462 e. The third-order valence-corrected chi connectivity index (χ3v) is 4.31. The van der Waals surface area contributed by atoms with Crippen molar-refractivity contribution in [1.82, 2.24) is 4.98 Å². The summed E-state index contributed by atoms with van der Waals surface area (Å²) in [4.78, 5) is 28.0. The van der Waals surface area contributed by atoms with E-state index in [-0.39, 0.29) is 19.2 Å². The van der Waals surface area contributed by atoms with Crippen molar-refractivity contribution in [1.29, 1.82) is 0 Å². The van der Waals surface area contributed by atoms with Crippen LogP contribution in [0.5, 0.6) is 11.5 Å². The van der Waals surface area contributed by atoms with Gasteiger partial charge in [-0.25, -0.2) is 4.79 Å². The fraction of sp³-hybridized carbons (Fsp3) is 0.368. The Labute approximate surface area is 151 Å². The van der Waals surface area contributed by atoms with Crippen LogP contribution < -0.4 is 14.8 Å². The molecular formula is C19H22N2O5. The minimum absolute atomic E-state index is 0.140. The zero-order valence-corrected chi connectivity index (χ0v) is 15.3. The van der Waals surface area contributed by atoms with Gasteiger partial charge in [0, 0.05) is 17.4 Å². The third kappa shape index (κ3) is 3.24. The topological polar surface area (TPSA) is 89.7 Å². The molecule has 7 nitrogen and oxygen atoms in total. The predicted molar refractivity (Wildman–Crippen MR) is 96.2 cm³/mol. The third-order valence-electron chi connectivity index (χ3n) is 4.31. The molecule has 0 bridgehead atoms. The second-order valence-electron chi connectivity index (χ2n) is 6.14. The number of fused-ring (bicyclic) bond motifs is 1. The lowest BCUT2D eigenvalue weighted by molar-refractivity contribution is 0.0525. The number of Topliss-reactive ketones (excluding diaryl/α,β-unsaturated/α-hetero) is 1. The van der Waals surface area contributed by atoms with Gasteiger partial charge in [0.25, 0.3) is 0 Å². The van der Waals surface area contributed by atoms with E-state index in [0.29, 0.717) is 34.0 Å². The quantitative estimate of drug-likeness (QED) is 0.609. The van der Waals surface area contributed by atoms with Gasteiger partial charge in [-0.2, -0.15) is 0 Å². The number of aromatic nitrogens is 1. The molecule has 0 aliphatic carbocycles. The number of H-pyrrole nitrogens is 1. The number of benzene rings is 1. The summed E-state index contributed by atoms with van der Waals surface area (Å²) in [5.74, 6) is 0.767. The highest BCUT2D eigenvalue weighted by Gasteiger charge is 2.26. The summed E-state index contributed by atoms with van der Waals surface area (Å²) in [6, 6.07) is 4.92. The van der Waals surface area contributed by atoms with E-state index >= 15 is 0 Å². The van der Waals surface area contributed by atoms with E-state index in [1.54, 1.807) is 39.8 Å². The molecule has 0 amide bonds. The number of aromatic amines is 1. The number of esters is 1. The minimum atomic E-state index is -0.498. The number of ketones is 1. The van der Waals surface area contributed by atoms with Crippen molar-refractivity contribution in [3.8, 4) is 11.5 Å². The molecule has 0 radical (unpaired) electrons. The Bertz CT molecular complexity index is 856. The van der Waals surface area contributed by atoms with Crippen molar-refractivity contribution in [2.45, 2.75) is 33.7 Å². The number of carbonyl (C=O) groups is 2. The van der Waals surface area contributed by atoms with Gasteiger partial charge < -0.3 is 24.5 Å². The summed E-state index contributed by atoms with van der Waals surface area (Å²) in [5.41, 5.74) is 2.81. The van der Waals surface area contributed by atoms with Crippen LogP contribution in [-0.4, -0.2) is 36.2 Å². The molecule has 2 N–H and O–H groups in total. The van der Waals surface area contributed by atoms with Crippen molar-refractivity contribution in [2.24, 2.45) is 0 Å². The molecule has 0 spiro atoms. The zero-order valence-electron chi connectivity index (χ0n) is 15.3. The maximum absolute atomic E-state index is 12.8. The molecule has 138 valence electrons. The average Bonchev–Trinajstić information content (AvgIpc) is 3.18. The van der Waals surface area contributed by atoms with E-state index in [1.165, 1.54) is 0 Å². The Morgan fingerprint density at radius 3 is 2.73 bits per heavy atom. The fourth-order valence-corrected chi connectivity index (χ4v) is 3.02. The van der Waals surface area contributed by atoms with Gasteiger partial charge in [-0.3, -0.25) is 4.79 Å². The minimum Gasteiger partial charge on any atom is -0.462 e. The van der Waals surface area contributed by atoms with E-state index < -0.39 is 12.0 Å². The van der Waals surface area contributed by atoms with Gasteiger partial charge >= 0.3 is 5.97 Å². The maximum Gasteiger partial charge on any atom is 0.340 e. The Kier molecular flexibility index (Phi) is 4.88. The summed E-state index contributed by atoms with van der Waals surface area (Å²) >= 11 is 0. The summed E-state index contributed by atoms with van der Waals surface area (Å²) < 4.78 is 15.7. The van der Waals surface area contributed by atoms with Gasteiger partial charge in [-0.05, 0) is 45.4 Å². The van der Waals surface area contributed by atoms with Crippen LogP contribution in [0.1, 0.15) is 46.0 Å². The first-order chi connectivity index (χ1) is 12.4. The molecule has 1 aromatic carbocycles. The van der Waals surface area contributed by atoms with Crippen LogP contribution in [0.4, 0.5) is 5.69 Å². The molecule has 1 aromatic heterocycles. The highest BCUT2D eigenvalue weighted by molar-refractivity contribution is 6.04. The molecule has 0 saturated heterocycles. The highest BCUT2D eigenvalue weighted by atomic mass is 16.7. The molecule has 1 aliphatic heterocycles. The number of carbonyl (C=O) groups excluding carboxylic acids is 2. The van der Waals surface area contributed by atoms with Crippen LogP contribution in [-0.2, 0) is 4.74 Å². The van der Waals surface area contributed by atoms with Crippen LogP contribution in [0.3, 0.4) is 0 Å². The van der Waals surface area contributed by atoms with Gasteiger partial charge in [0.15, 0.2) is 11.5 Å². The van der Waals surface area contributed by atoms with Gasteiger partial charge in [0.1, 0.15) is 0 Å². The standard InChI is InChI=1S/C19H22N2O5/c1-5-24-19(23)16-10(2)17(21-11(16)3)18(22)12(4)20-13-6-7-14-15(8-13)26-9-25-14/h6-8,12,20-21H,5,9H2,1-4H3. The van der Waals surface area contributed by atoms with Crippen molar-refractivity contribution in [3.05, 3.63) is 40.7 Å². The number of hydrogen-bond donors (Lipinski definition) is 2. The Balaban J connectivity index is 1.78. The summed E-state index contributed by atoms with van der Waals surface area (Å²) in [7, 11) is 0. The smallest absolute Gasteiger partial charge is 0.340 e. The first-order valence-corrected chi connectivity index (χ1v) is 8.49. The van der Waals surface area contributed by atoms with Crippen LogP contribution in [0.25, 0.3) is 0 Å². The maximum atomic E-state index is 12.8. The van der Waals surface area contributed by atoms with E-state index in [0.717, 1.165) is 5.69 Å². The lowest BCUT2D eigenvalue weighted by atomic mass is 10.0. The number of anilines is 1. The van der Waals surface area contributed by atoms with Crippen molar-refractivity contribution in [3.63, 3.8) is 0 Å². The molecule has 26 heavy (non-hydrogen) atoms. The lowest BCUT2D eigenvalue weighted by Crippen LogP contribution is -2.27. The summed E-state index contributed by atoms with van der Waals surface area (Å²) in [5, 5.41) is 3.16. The van der Waals surface area contributed by atoms with Crippen LogP contribution in [0, 0.1) is 13.8 Å². The van der Waals surface area contributed by atoms with Crippen molar-refractivity contribution >= 4 is 17.4 Å².